The van der Waals surface area contributed by atoms with Crippen LogP contribution >= 0.6 is 0 Å². The van der Waals surface area contributed by atoms with Crippen LogP contribution in [0.3, 0.4) is 0 Å². The van der Waals surface area contributed by atoms with Gasteiger partial charge in [-0.2, -0.15) is 0 Å². The van der Waals surface area contributed by atoms with Gasteiger partial charge in [-0.25, -0.2) is 4.79 Å². The van der Waals surface area contributed by atoms with Gasteiger partial charge in [0.25, 0.3) is 0 Å². The van der Waals surface area contributed by atoms with E-state index in [9.17, 15) is 9.90 Å². The number of benzene rings is 2. The van der Waals surface area contributed by atoms with E-state index in [2.05, 4.69) is 13.8 Å². The standard InChI is InChI=1S/C25H32O5/c1-5-7-8-18(6-2)17-30-25(27)24(20-9-11-21(26)12-10-20)15-19-13-22(28-3)16-23(14-19)29-4/h9-16,18,26H,5-8,17H2,1-4H3. The summed E-state index contributed by atoms with van der Waals surface area (Å²) in [6.45, 7) is 4.67. The summed E-state index contributed by atoms with van der Waals surface area (Å²) in [6.07, 6.45) is 6.03. The normalized spacial score (nSPS) is 12.3. The molecule has 1 atom stereocenters. The Labute approximate surface area is 179 Å². The van der Waals surface area contributed by atoms with E-state index in [1.165, 1.54) is 0 Å². The van der Waals surface area contributed by atoms with Crippen LogP contribution in [0.5, 0.6) is 17.2 Å². The summed E-state index contributed by atoms with van der Waals surface area (Å²) in [7, 11) is 3.16. The molecule has 1 unspecified atom stereocenters. The number of unbranched alkanes of at least 4 members (excludes halogenated alkanes) is 1. The molecule has 0 aliphatic heterocycles. The quantitative estimate of drug-likeness (QED) is 0.291. The Bertz CT molecular complexity index is 817. The molecule has 0 bridgehead atoms. The van der Waals surface area contributed by atoms with E-state index >= 15 is 0 Å². The molecule has 2 aromatic rings. The lowest BCUT2D eigenvalue weighted by molar-refractivity contribution is -0.138. The van der Waals surface area contributed by atoms with Gasteiger partial charge in [0.2, 0.25) is 0 Å². The fourth-order valence-electron chi connectivity index (χ4n) is 3.15. The maximum absolute atomic E-state index is 13.0. The van der Waals surface area contributed by atoms with Crippen LogP contribution in [0.4, 0.5) is 0 Å². The van der Waals surface area contributed by atoms with Gasteiger partial charge in [0.15, 0.2) is 0 Å². The number of phenols is 1. The zero-order valence-corrected chi connectivity index (χ0v) is 18.3. The van der Waals surface area contributed by atoms with Crippen LogP contribution in [0.2, 0.25) is 0 Å². The Morgan fingerprint density at radius 3 is 2.20 bits per heavy atom. The number of carbonyl (C=O) groups excluding carboxylic acids is 1. The number of phenolic OH excluding ortho intramolecular Hbond substituents is 1. The minimum atomic E-state index is -0.391. The largest absolute Gasteiger partial charge is 0.508 e. The van der Waals surface area contributed by atoms with Crippen molar-refractivity contribution in [2.24, 2.45) is 5.92 Å². The average molecular weight is 413 g/mol. The van der Waals surface area contributed by atoms with Gasteiger partial charge in [0.1, 0.15) is 17.2 Å². The number of rotatable bonds is 11. The van der Waals surface area contributed by atoms with Crippen LogP contribution < -0.4 is 9.47 Å². The molecule has 0 heterocycles. The Kier molecular flexibility index (Phi) is 9.26. The molecule has 5 nitrogen and oxygen atoms in total. The number of hydrogen-bond acceptors (Lipinski definition) is 5. The predicted molar refractivity (Wildman–Crippen MR) is 120 cm³/mol. The summed E-state index contributed by atoms with van der Waals surface area (Å²) in [6, 6.07) is 11.9. The van der Waals surface area contributed by atoms with Crippen molar-refractivity contribution in [3.8, 4) is 17.2 Å². The first kappa shape index (κ1) is 23.3. The molecule has 0 fully saturated rings. The summed E-state index contributed by atoms with van der Waals surface area (Å²) < 4.78 is 16.4. The van der Waals surface area contributed by atoms with E-state index in [-0.39, 0.29) is 5.75 Å². The van der Waals surface area contributed by atoms with E-state index in [0.717, 1.165) is 31.2 Å². The third-order valence-electron chi connectivity index (χ3n) is 5.08. The van der Waals surface area contributed by atoms with E-state index in [0.29, 0.717) is 35.2 Å². The number of methoxy groups -OCH3 is 2. The van der Waals surface area contributed by atoms with Crippen LogP contribution in [-0.2, 0) is 9.53 Å². The van der Waals surface area contributed by atoms with Crippen molar-refractivity contribution in [1.82, 2.24) is 0 Å². The maximum Gasteiger partial charge on any atom is 0.338 e. The molecule has 0 aliphatic carbocycles. The second-order valence-electron chi connectivity index (χ2n) is 7.27. The third-order valence-corrected chi connectivity index (χ3v) is 5.08. The maximum atomic E-state index is 13.0. The van der Waals surface area contributed by atoms with Crippen LogP contribution in [-0.4, -0.2) is 31.9 Å². The molecule has 2 aromatic carbocycles. The van der Waals surface area contributed by atoms with Gasteiger partial charge in [-0.05, 0) is 53.8 Å². The number of hydrogen-bond donors (Lipinski definition) is 1. The Morgan fingerprint density at radius 1 is 1.03 bits per heavy atom. The van der Waals surface area contributed by atoms with Gasteiger partial charge in [0, 0.05) is 6.07 Å². The first-order valence-corrected chi connectivity index (χ1v) is 10.4. The van der Waals surface area contributed by atoms with E-state index in [1.807, 2.05) is 12.1 Å². The lowest BCUT2D eigenvalue weighted by Gasteiger charge is -2.16. The second-order valence-corrected chi connectivity index (χ2v) is 7.27. The molecule has 30 heavy (non-hydrogen) atoms. The topological polar surface area (TPSA) is 65.0 Å². The Hall–Kier alpha value is -2.95. The average Bonchev–Trinajstić information content (AvgIpc) is 2.77. The molecule has 0 saturated carbocycles. The number of aromatic hydroxyl groups is 1. The highest BCUT2D eigenvalue weighted by Crippen LogP contribution is 2.28. The third kappa shape index (κ3) is 6.83. The number of ether oxygens (including phenoxy) is 3. The van der Waals surface area contributed by atoms with Crippen LogP contribution in [0.1, 0.15) is 50.7 Å². The predicted octanol–water partition coefficient (Wildman–Crippen LogP) is 5.71. The first-order valence-electron chi connectivity index (χ1n) is 10.4. The van der Waals surface area contributed by atoms with Crippen molar-refractivity contribution in [2.45, 2.75) is 39.5 Å². The van der Waals surface area contributed by atoms with Crippen LogP contribution in [0.15, 0.2) is 42.5 Å². The van der Waals surface area contributed by atoms with Crippen molar-refractivity contribution >= 4 is 17.6 Å². The number of esters is 1. The molecule has 0 aromatic heterocycles. The lowest BCUT2D eigenvalue weighted by Crippen LogP contribution is -2.15. The lowest BCUT2D eigenvalue weighted by atomic mass is 10.00. The van der Waals surface area contributed by atoms with Crippen molar-refractivity contribution in [3.63, 3.8) is 0 Å². The van der Waals surface area contributed by atoms with Gasteiger partial charge >= 0.3 is 5.97 Å². The van der Waals surface area contributed by atoms with Crippen LogP contribution in [0.25, 0.3) is 11.6 Å². The SMILES string of the molecule is CCCCC(CC)COC(=O)C(=Cc1cc(OC)cc(OC)c1)c1ccc(O)cc1. The molecule has 0 aliphatic rings. The molecule has 0 radical (unpaired) electrons. The van der Waals surface area contributed by atoms with Crippen molar-refractivity contribution in [2.75, 3.05) is 20.8 Å². The summed E-state index contributed by atoms with van der Waals surface area (Å²) in [5, 5.41) is 9.63. The highest BCUT2D eigenvalue weighted by molar-refractivity contribution is 6.21. The van der Waals surface area contributed by atoms with Gasteiger partial charge in [-0.3, -0.25) is 0 Å². The van der Waals surface area contributed by atoms with Gasteiger partial charge < -0.3 is 19.3 Å². The van der Waals surface area contributed by atoms with E-state index in [4.69, 9.17) is 14.2 Å². The second kappa shape index (κ2) is 11.9. The first-order chi connectivity index (χ1) is 14.5. The van der Waals surface area contributed by atoms with Gasteiger partial charge in [0.05, 0.1) is 26.4 Å². The molecule has 0 saturated heterocycles. The number of carbonyl (C=O) groups is 1. The minimum absolute atomic E-state index is 0.139. The monoisotopic (exact) mass is 412 g/mol. The Morgan fingerprint density at radius 2 is 1.67 bits per heavy atom. The Balaban J connectivity index is 2.34. The summed E-state index contributed by atoms with van der Waals surface area (Å²) in [5.41, 5.74) is 1.83. The highest BCUT2D eigenvalue weighted by atomic mass is 16.5. The fourth-order valence-corrected chi connectivity index (χ4v) is 3.15. The molecular weight excluding hydrogens is 380 g/mol. The van der Waals surface area contributed by atoms with Crippen LogP contribution in [0, 0.1) is 5.92 Å². The summed E-state index contributed by atoms with van der Waals surface area (Å²) >= 11 is 0. The van der Waals surface area contributed by atoms with E-state index < -0.39 is 5.97 Å². The summed E-state index contributed by atoms with van der Waals surface area (Å²) in [5.74, 6) is 1.36. The smallest absolute Gasteiger partial charge is 0.338 e. The molecule has 2 rings (SSSR count). The molecule has 162 valence electrons. The molecule has 5 heteroatoms. The fraction of sp³-hybridized carbons (Fsp3) is 0.400. The van der Waals surface area contributed by atoms with Gasteiger partial charge in [-0.1, -0.05) is 45.2 Å². The summed E-state index contributed by atoms with van der Waals surface area (Å²) in [4.78, 5) is 13.0. The zero-order valence-electron chi connectivity index (χ0n) is 18.3. The molecule has 0 amide bonds. The van der Waals surface area contributed by atoms with Gasteiger partial charge in [-0.15, -0.1) is 0 Å². The van der Waals surface area contributed by atoms with E-state index in [1.54, 1.807) is 50.6 Å². The van der Waals surface area contributed by atoms with Crippen molar-refractivity contribution < 1.29 is 24.1 Å². The molecule has 0 spiro atoms. The molecule has 1 N–H and O–H groups in total. The van der Waals surface area contributed by atoms with Crippen molar-refractivity contribution in [1.29, 1.82) is 0 Å². The van der Waals surface area contributed by atoms with Crippen molar-refractivity contribution in [3.05, 3.63) is 53.6 Å². The molecular formula is C25H32O5. The zero-order chi connectivity index (χ0) is 21.9. The highest BCUT2D eigenvalue weighted by Gasteiger charge is 2.17. The minimum Gasteiger partial charge on any atom is -0.508 e.